The van der Waals surface area contributed by atoms with Gasteiger partial charge in [-0.25, -0.2) is 0 Å². The van der Waals surface area contributed by atoms with E-state index < -0.39 is 0 Å². The van der Waals surface area contributed by atoms with E-state index in [1.807, 2.05) is 73.1 Å². The van der Waals surface area contributed by atoms with Crippen LogP contribution in [0, 0.1) is 13.8 Å². The van der Waals surface area contributed by atoms with Gasteiger partial charge in [0.1, 0.15) is 12.4 Å². The summed E-state index contributed by atoms with van der Waals surface area (Å²) in [5, 5.41) is 7.46. The smallest absolute Gasteiger partial charge is 0.251 e. The number of aryl methyl sites for hydroxylation is 2. The van der Waals surface area contributed by atoms with E-state index in [1.54, 1.807) is 7.11 Å². The third kappa shape index (κ3) is 5.93. The maximum absolute atomic E-state index is 12.6. The Kier molecular flexibility index (Phi) is 7.03. The zero-order chi connectivity index (χ0) is 20.6. The highest BCUT2D eigenvalue weighted by Crippen LogP contribution is 2.13. The molecule has 29 heavy (non-hydrogen) atoms. The Balaban J connectivity index is 1.56. The second kappa shape index (κ2) is 9.89. The molecule has 6 heteroatoms. The molecule has 0 bridgehead atoms. The van der Waals surface area contributed by atoms with E-state index >= 15 is 0 Å². The zero-order valence-corrected chi connectivity index (χ0v) is 17.1. The molecule has 1 heterocycles. The number of amides is 1. The van der Waals surface area contributed by atoms with Crippen molar-refractivity contribution in [3.63, 3.8) is 0 Å². The van der Waals surface area contributed by atoms with Crippen LogP contribution in [-0.4, -0.2) is 36.0 Å². The molecule has 0 radical (unpaired) electrons. The number of aromatic nitrogens is 2. The van der Waals surface area contributed by atoms with Crippen LogP contribution in [0.25, 0.3) is 0 Å². The molecule has 0 spiro atoms. The maximum Gasteiger partial charge on any atom is 0.251 e. The first-order valence-corrected chi connectivity index (χ1v) is 9.64. The molecule has 0 fully saturated rings. The summed E-state index contributed by atoms with van der Waals surface area (Å²) in [6.07, 6.45) is 0. The van der Waals surface area contributed by atoms with Gasteiger partial charge in [-0.15, -0.1) is 0 Å². The lowest BCUT2D eigenvalue weighted by Gasteiger charge is -2.09. The van der Waals surface area contributed by atoms with E-state index in [1.165, 1.54) is 0 Å². The van der Waals surface area contributed by atoms with Gasteiger partial charge in [0.15, 0.2) is 0 Å². The molecule has 0 aliphatic rings. The van der Waals surface area contributed by atoms with E-state index in [2.05, 4.69) is 10.4 Å². The summed E-state index contributed by atoms with van der Waals surface area (Å²) in [4.78, 5) is 12.6. The Labute approximate surface area is 171 Å². The lowest BCUT2D eigenvalue weighted by molar-refractivity contribution is 0.0951. The van der Waals surface area contributed by atoms with E-state index in [-0.39, 0.29) is 5.91 Å². The van der Waals surface area contributed by atoms with Crippen LogP contribution >= 0.6 is 0 Å². The van der Waals surface area contributed by atoms with E-state index in [0.717, 1.165) is 28.3 Å². The average molecular weight is 393 g/mol. The van der Waals surface area contributed by atoms with Gasteiger partial charge < -0.3 is 14.8 Å². The summed E-state index contributed by atoms with van der Waals surface area (Å²) in [6.45, 7) is 6.18. The molecule has 3 rings (SSSR count). The molecule has 1 amide bonds. The monoisotopic (exact) mass is 393 g/mol. The molecular weight excluding hydrogens is 366 g/mol. The van der Waals surface area contributed by atoms with Crippen molar-refractivity contribution in [2.75, 3.05) is 20.3 Å². The highest BCUT2D eigenvalue weighted by Gasteiger charge is 2.08. The Bertz CT molecular complexity index is 948. The Morgan fingerprint density at radius 2 is 1.83 bits per heavy atom. The molecule has 2 aromatic carbocycles. The number of carbonyl (C=O) groups excluding carboxylic acids is 1. The van der Waals surface area contributed by atoms with Crippen LogP contribution in [0.5, 0.6) is 5.75 Å². The molecule has 6 nitrogen and oxygen atoms in total. The summed E-state index contributed by atoms with van der Waals surface area (Å²) in [5.74, 6) is 0.689. The third-order valence-electron chi connectivity index (χ3n) is 4.56. The average Bonchev–Trinajstić information content (AvgIpc) is 3.04. The van der Waals surface area contributed by atoms with Crippen LogP contribution in [-0.2, 0) is 17.8 Å². The van der Waals surface area contributed by atoms with Gasteiger partial charge in [0, 0.05) is 24.9 Å². The van der Waals surface area contributed by atoms with Crippen molar-refractivity contribution in [3.05, 3.63) is 82.7 Å². The minimum atomic E-state index is -0.0966. The van der Waals surface area contributed by atoms with E-state index in [0.29, 0.717) is 31.9 Å². The highest BCUT2D eigenvalue weighted by atomic mass is 16.5. The third-order valence-corrected chi connectivity index (χ3v) is 4.56. The van der Waals surface area contributed by atoms with Crippen molar-refractivity contribution in [2.24, 2.45) is 0 Å². The summed E-state index contributed by atoms with van der Waals surface area (Å²) in [7, 11) is 1.64. The number of methoxy groups -OCH3 is 1. The Morgan fingerprint density at radius 3 is 2.52 bits per heavy atom. The zero-order valence-electron chi connectivity index (χ0n) is 17.1. The molecule has 0 saturated heterocycles. The molecule has 3 aromatic rings. The number of nitrogens with zero attached hydrogens (tertiary/aromatic N) is 2. The van der Waals surface area contributed by atoms with Crippen LogP contribution in [0.3, 0.4) is 0 Å². The van der Waals surface area contributed by atoms with Crippen LogP contribution < -0.4 is 10.1 Å². The SMILES string of the molecule is COCCOc1ccc(CNC(=O)c2cccc(Cn3nc(C)cc3C)c2)cc1. The topological polar surface area (TPSA) is 65.4 Å². The Hall–Kier alpha value is -3.12. The van der Waals surface area contributed by atoms with Gasteiger partial charge in [-0.1, -0.05) is 24.3 Å². The van der Waals surface area contributed by atoms with Crippen molar-refractivity contribution in [1.82, 2.24) is 15.1 Å². The standard InChI is InChI=1S/C23H27N3O3/c1-17-13-18(2)26(25-17)16-20-5-4-6-21(14-20)23(27)24-15-19-7-9-22(10-8-19)29-12-11-28-3/h4-10,13-14H,11-12,15-16H2,1-3H3,(H,24,27). The van der Waals surface area contributed by atoms with Crippen LogP contribution in [0.4, 0.5) is 0 Å². The van der Waals surface area contributed by atoms with Crippen molar-refractivity contribution >= 4 is 5.91 Å². The van der Waals surface area contributed by atoms with Crippen molar-refractivity contribution in [3.8, 4) is 5.75 Å². The fraction of sp³-hybridized carbons (Fsp3) is 0.304. The largest absolute Gasteiger partial charge is 0.491 e. The Morgan fingerprint density at radius 1 is 1.03 bits per heavy atom. The molecular formula is C23H27N3O3. The lowest BCUT2D eigenvalue weighted by atomic mass is 10.1. The van der Waals surface area contributed by atoms with Crippen LogP contribution in [0.15, 0.2) is 54.6 Å². The van der Waals surface area contributed by atoms with Gasteiger partial charge in [0.2, 0.25) is 0 Å². The van der Waals surface area contributed by atoms with Crippen molar-refractivity contribution < 1.29 is 14.3 Å². The van der Waals surface area contributed by atoms with E-state index in [9.17, 15) is 4.79 Å². The van der Waals surface area contributed by atoms with Gasteiger partial charge >= 0.3 is 0 Å². The quantitative estimate of drug-likeness (QED) is 0.565. The molecule has 0 atom stereocenters. The normalized spacial score (nSPS) is 10.7. The molecule has 0 aliphatic heterocycles. The molecule has 0 saturated carbocycles. The van der Waals surface area contributed by atoms with Crippen LogP contribution in [0.1, 0.15) is 32.9 Å². The number of benzene rings is 2. The first-order chi connectivity index (χ1) is 14.0. The highest BCUT2D eigenvalue weighted by molar-refractivity contribution is 5.94. The predicted molar refractivity (Wildman–Crippen MR) is 112 cm³/mol. The first-order valence-electron chi connectivity index (χ1n) is 9.64. The fourth-order valence-electron chi connectivity index (χ4n) is 3.05. The van der Waals surface area contributed by atoms with Gasteiger partial charge in [-0.2, -0.15) is 5.10 Å². The van der Waals surface area contributed by atoms with Gasteiger partial charge in [-0.05, 0) is 55.3 Å². The molecule has 1 N–H and O–H groups in total. The molecule has 152 valence electrons. The second-order valence-electron chi connectivity index (χ2n) is 6.95. The number of hydrogen-bond donors (Lipinski definition) is 1. The van der Waals surface area contributed by atoms with Crippen molar-refractivity contribution in [1.29, 1.82) is 0 Å². The fourth-order valence-corrected chi connectivity index (χ4v) is 3.05. The number of ether oxygens (including phenoxy) is 2. The summed E-state index contributed by atoms with van der Waals surface area (Å²) in [6, 6.07) is 17.4. The molecule has 0 aliphatic carbocycles. The number of nitrogens with one attached hydrogen (secondary N) is 1. The summed E-state index contributed by atoms with van der Waals surface area (Å²) >= 11 is 0. The lowest BCUT2D eigenvalue weighted by Crippen LogP contribution is -2.23. The molecule has 0 unspecified atom stereocenters. The van der Waals surface area contributed by atoms with E-state index in [4.69, 9.17) is 9.47 Å². The second-order valence-corrected chi connectivity index (χ2v) is 6.95. The molecule has 1 aromatic heterocycles. The van der Waals surface area contributed by atoms with Crippen molar-refractivity contribution in [2.45, 2.75) is 26.9 Å². The predicted octanol–water partition coefficient (Wildman–Crippen LogP) is 3.50. The van der Waals surface area contributed by atoms with Gasteiger partial charge in [-0.3, -0.25) is 9.48 Å². The number of carbonyl (C=O) groups is 1. The number of hydrogen-bond acceptors (Lipinski definition) is 4. The minimum absolute atomic E-state index is 0.0966. The van der Waals surface area contributed by atoms with Crippen LogP contribution in [0.2, 0.25) is 0 Å². The first kappa shape index (κ1) is 20.6. The number of rotatable bonds is 9. The van der Waals surface area contributed by atoms with Gasteiger partial charge in [0.25, 0.3) is 5.91 Å². The van der Waals surface area contributed by atoms with Gasteiger partial charge in [0.05, 0.1) is 18.8 Å². The summed E-state index contributed by atoms with van der Waals surface area (Å²) < 4.78 is 12.5. The maximum atomic E-state index is 12.6. The summed E-state index contributed by atoms with van der Waals surface area (Å²) in [5.41, 5.74) is 4.79. The minimum Gasteiger partial charge on any atom is -0.491 e.